The van der Waals surface area contributed by atoms with E-state index in [-0.39, 0.29) is 24.5 Å². The number of ketones is 1. The monoisotopic (exact) mass is 524 g/mol. The highest BCUT2D eigenvalue weighted by Crippen LogP contribution is 2.70. The van der Waals surface area contributed by atoms with Crippen molar-refractivity contribution in [3.05, 3.63) is 52.6 Å². The number of hydrogen-bond donors (Lipinski definition) is 1. The van der Waals surface area contributed by atoms with Gasteiger partial charge in [0.05, 0.1) is 0 Å². The van der Waals surface area contributed by atoms with Crippen molar-refractivity contribution in [2.75, 3.05) is 0 Å². The van der Waals surface area contributed by atoms with Crippen molar-refractivity contribution < 1.29 is 41.4 Å². The molecule has 5 rings (SSSR count). The van der Waals surface area contributed by atoms with Crippen LogP contribution in [0.3, 0.4) is 0 Å². The predicted molar refractivity (Wildman–Crippen MR) is 124 cm³/mol. The maximum atomic E-state index is 15.0. The molecule has 0 bridgehead atoms. The summed E-state index contributed by atoms with van der Waals surface area (Å²) in [6.45, 7) is 2.65. The van der Waals surface area contributed by atoms with Crippen LogP contribution < -0.4 is 4.74 Å². The maximum absolute atomic E-state index is 15.0. The van der Waals surface area contributed by atoms with Crippen LogP contribution in [0.15, 0.2) is 47.1 Å². The first kappa shape index (κ1) is 26.1. The first-order valence-electron chi connectivity index (χ1n) is 12.6. The third-order valence-electron chi connectivity index (χ3n) is 9.31. The van der Waals surface area contributed by atoms with Crippen LogP contribution in [0.25, 0.3) is 0 Å². The number of fused-ring (bicyclic) bond motifs is 4. The largest absolute Gasteiger partial charge is 0.456 e. The second-order valence-electron chi connectivity index (χ2n) is 11.1. The average Bonchev–Trinajstić information content (AvgIpc) is 3.09. The van der Waals surface area contributed by atoms with E-state index in [0.717, 1.165) is 16.7 Å². The molecule has 1 aromatic carbocycles. The fraction of sp³-hybridized carbons (Fsp3) is 0.571. The van der Waals surface area contributed by atoms with Gasteiger partial charge in [-0.05, 0) is 85.3 Å². The van der Waals surface area contributed by atoms with Crippen molar-refractivity contribution in [1.82, 2.24) is 0 Å². The maximum Gasteiger partial charge on any atom is 0.456 e. The predicted octanol–water partition coefficient (Wildman–Crippen LogP) is 6.44. The number of hydrogen-bond acceptors (Lipinski definition) is 4. The third kappa shape index (κ3) is 3.79. The van der Waals surface area contributed by atoms with Crippen molar-refractivity contribution in [2.24, 2.45) is 17.3 Å². The Hall–Kier alpha value is -2.55. The molecule has 200 valence electrons. The minimum Gasteiger partial charge on any atom is -0.427 e. The van der Waals surface area contributed by atoms with Gasteiger partial charge in [0.15, 0.2) is 5.78 Å². The van der Waals surface area contributed by atoms with Crippen molar-refractivity contribution in [1.29, 1.82) is 0 Å². The number of rotatable bonds is 3. The van der Waals surface area contributed by atoms with Gasteiger partial charge in [0.1, 0.15) is 11.4 Å². The highest BCUT2D eigenvalue weighted by molar-refractivity contribution is 5.93. The topological polar surface area (TPSA) is 63.6 Å². The second-order valence-corrected chi connectivity index (χ2v) is 11.1. The lowest BCUT2D eigenvalue weighted by molar-refractivity contribution is -0.362. The molecule has 5 atom stereocenters. The highest BCUT2D eigenvalue weighted by Gasteiger charge is 2.79. The fourth-order valence-corrected chi connectivity index (χ4v) is 7.65. The van der Waals surface area contributed by atoms with Crippen LogP contribution >= 0.6 is 0 Å². The first-order chi connectivity index (χ1) is 17.2. The van der Waals surface area contributed by atoms with Gasteiger partial charge in [-0.1, -0.05) is 24.6 Å². The normalized spacial score (nSPS) is 33.9. The quantitative estimate of drug-likeness (QED) is 0.281. The molecule has 0 heterocycles. The van der Waals surface area contributed by atoms with Crippen molar-refractivity contribution in [3.8, 4) is 5.75 Å². The summed E-state index contributed by atoms with van der Waals surface area (Å²) in [5.41, 5.74) is -1.34. The van der Waals surface area contributed by atoms with Gasteiger partial charge in [-0.15, -0.1) is 0 Å². The number of alkyl halides is 5. The molecular weight excluding hydrogens is 495 g/mol. The van der Waals surface area contributed by atoms with E-state index in [1.807, 2.05) is 0 Å². The average molecular weight is 525 g/mol. The van der Waals surface area contributed by atoms with Gasteiger partial charge in [0.25, 0.3) is 0 Å². The van der Waals surface area contributed by atoms with Gasteiger partial charge in [0, 0.05) is 24.7 Å². The van der Waals surface area contributed by atoms with Crippen molar-refractivity contribution in [2.45, 2.75) is 82.4 Å². The Labute approximate surface area is 211 Å². The lowest BCUT2D eigenvalue weighted by Crippen LogP contribution is -2.65. The molecule has 0 amide bonds. The van der Waals surface area contributed by atoms with E-state index in [1.165, 1.54) is 13.8 Å². The van der Waals surface area contributed by atoms with Crippen LogP contribution in [0.1, 0.15) is 70.3 Å². The Bertz CT molecular complexity index is 1200. The van der Waals surface area contributed by atoms with Crippen LogP contribution in [-0.4, -0.2) is 34.6 Å². The van der Waals surface area contributed by atoms with Crippen LogP contribution in [0.2, 0.25) is 0 Å². The molecule has 4 aliphatic rings. The van der Waals surface area contributed by atoms with E-state index in [0.29, 0.717) is 37.0 Å². The molecule has 0 aromatic heterocycles. The molecule has 2 saturated carbocycles. The summed E-state index contributed by atoms with van der Waals surface area (Å²) in [6, 6.07) is 6.53. The molecule has 1 N–H and O–H groups in total. The Morgan fingerprint density at radius 1 is 1.05 bits per heavy atom. The van der Waals surface area contributed by atoms with Crippen molar-refractivity contribution in [3.63, 3.8) is 0 Å². The number of benzene rings is 1. The molecule has 0 saturated heterocycles. The van der Waals surface area contributed by atoms with Gasteiger partial charge < -0.3 is 9.84 Å². The van der Waals surface area contributed by atoms with Crippen molar-refractivity contribution >= 4 is 11.8 Å². The fourth-order valence-electron chi connectivity index (χ4n) is 7.65. The molecule has 1 aromatic rings. The molecule has 9 heteroatoms. The summed E-state index contributed by atoms with van der Waals surface area (Å²) in [6.07, 6.45) is -3.01. The Morgan fingerprint density at radius 3 is 2.35 bits per heavy atom. The summed E-state index contributed by atoms with van der Waals surface area (Å²) in [5, 5.41) is 11.3. The number of allylic oxidation sites excluding steroid dienone is 4. The van der Waals surface area contributed by atoms with Gasteiger partial charge in [-0.3, -0.25) is 9.59 Å². The minimum absolute atomic E-state index is 0.0285. The van der Waals surface area contributed by atoms with Gasteiger partial charge >= 0.3 is 18.1 Å². The zero-order valence-electron chi connectivity index (χ0n) is 20.6. The Kier molecular flexibility index (Phi) is 5.98. The summed E-state index contributed by atoms with van der Waals surface area (Å²) in [5.74, 6) is -6.82. The number of carbonyl (C=O) groups excluding carboxylic acids is 2. The molecule has 2 unspecified atom stereocenters. The molecule has 0 radical (unpaired) electrons. The summed E-state index contributed by atoms with van der Waals surface area (Å²) in [4.78, 5) is 23.4. The summed E-state index contributed by atoms with van der Waals surface area (Å²) < 4.78 is 75.9. The molecule has 4 aliphatic carbocycles. The van der Waals surface area contributed by atoms with Gasteiger partial charge in [0.2, 0.25) is 0 Å². The van der Waals surface area contributed by atoms with E-state index < -0.39 is 47.3 Å². The molecule has 4 nitrogen and oxygen atoms in total. The van der Waals surface area contributed by atoms with Crippen LogP contribution in [-0.2, 0) is 9.59 Å². The van der Waals surface area contributed by atoms with E-state index >= 15 is 0 Å². The van der Waals surface area contributed by atoms with E-state index in [1.54, 1.807) is 30.3 Å². The minimum atomic E-state index is -5.88. The summed E-state index contributed by atoms with van der Waals surface area (Å²) in [7, 11) is 0. The SMILES string of the molecule is CC(=O)Oc1ccc(C2C[C@@]3(C)[C@@H](CCC3(O)C(F)(F)C(F)(F)F)[C@@H]3CCC4=CC(=O)CCC4=C23)cc1. The van der Waals surface area contributed by atoms with E-state index in [2.05, 4.69) is 0 Å². The number of esters is 1. The number of aliphatic hydroxyl groups is 1. The molecular formula is C28H29F5O4. The molecule has 0 aliphatic heterocycles. The van der Waals surface area contributed by atoms with Crippen LogP contribution in [0, 0.1) is 17.3 Å². The third-order valence-corrected chi connectivity index (χ3v) is 9.31. The zero-order chi connectivity index (χ0) is 27.0. The van der Waals surface area contributed by atoms with Crippen LogP contribution in [0.4, 0.5) is 22.0 Å². The lowest BCUT2D eigenvalue weighted by atomic mass is 9.50. The molecule has 2 fully saturated rings. The molecule has 37 heavy (non-hydrogen) atoms. The lowest BCUT2D eigenvalue weighted by Gasteiger charge is -2.56. The van der Waals surface area contributed by atoms with Gasteiger partial charge in [-0.2, -0.15) is 22.0 Å². The summed E-state index contributed by atoms with van der Waals surface area (Å²) >= 11 is 0. The molecule has 0 spiro atoms. The zero-order valence-corrected chi connectivity index (χ0v) is 20.6. The Morgan fingerprint density at radius 2 is 1.73 bits per heavy atom. The smallest absolute Gasteiger partial charge is 0.427 e. The number of carbonyl (C=O) groups is 2. The van der Waals surface area contributed by atoms with E-state index in [9.17, 15) is 36.6 Å². The van der Waals surface area contributed by atoms with Gasteiger partial charge in [-0.25, -0.2) is 0 Å². The highest BCUT2D eigenvalue weighted by atomic mass is 19.4. The number of ether oxygens (including phenoxy) is 1. The first-order valence-corrected chi connectivity index (χ1v) is 12.6. The standard InChI is InChI=1S/C28H29F5O4/c1-15(34)37-19-7-3-16(4-8-19)22-14-25(2)23(11-12-26(25,36)27(29,30)28(31,32)33)21-9-5-17-13-18(35)6-10-20(17)24(21)22/h3-4,7-8,13,21-23,36H,5-6,9-12,14H2,1-2H3/t21-,22?,23-,25-,26?/m0/s1. The second kappa shape index (κ2) is 8.48. The van der Waals surface area contributed by atoms with Crippen LogP contribution in [0.5, 0.6) is 5.75 Å². The van der Waals surface area contributed by atoms with E-state index in [4.69, 9.17) is 4.74 Å². The number of halogens is 5. The Balaban J connectivity index is 1.66.